The molecule has 0 bridgehead atoms. The third kappa shape index (κ3) is 6.06. The summed E-state index contributed by atoms with van der Waals surface area (Å²) in [5.74, 6) is -0.641. The standard InChI is InChI=1S/C14H19N7O3S.CH2O2/c1-2-24-8-11-18-19-14(25-11)21-7-9(5-12(21)22)13(23)15-4-3-10-6-16-20-17-10;2-1-3/h6,9H,2-5,7-8H2,1H3,(H,15,23)(H,16,17,20);1H,(H,2,3). The number of H-pyrrole nitrogens is 1. The van der Waals surface area contributed by atoms with Crippen molar-refractivity contribution in [3.05, 3.63) is 16.9 Å². The first kappa shape index (κ1) is 21.4. The predicted molar refractivity (Wildman–Crippen MR) is 97.5 cm³/mol. The molecule has 2 aromatic heterocycles. The summed E-state index contributed by atoms with van der Waals surface area (Å²) < 4.78 is 5.29. The Bertz CT molecular complexity index is 767. The summed E-state index contributed by atoms with van der Waals surface area (Å²) in [7, 11) is 0. The molecule has 3 N–H and O–H groups in total. The first-order valence-corrected chi connectivity index (χ1v) is 9.31. The zero-order chi connectivity index (χ0) is 20.4. The van der Waals surface area contributed by atoms with E-state index in [1.165, 1.54) is 16.2 Å². The van der Waals surface area contributed by atoms with Gasteiger partial charge in [-0.3, -0.25) is 19.3 Å². The molecule has 152 valence electrons. The number of nitrogens with one attached hydrogen (secondary N) is 2. The van der Waals surface area contributed by atoms with Crippen LogP contribution >= 0.6 is 11.3 Å². The van der Waals surface area contributed by atoms with Crippen LogP contribution in [0.25, 0.3) is 0 Å². The Hall–Kier alpha value is -2.93. The number of rotatable bonds is 8. The Balaban J connectivity index is 0.000000878. The third-order valence-corrected chi connectivity index (χ3v) is 4.68. The predicted octanol–water partition coefficient (Wildman–Crippen LogP) is -0.395. The number of amides is 2. The number of hydrogen-bond donors (Lipinski definition) is 3. The number of carbonyl (C=O) groups is 3. The SMILES string of the molecule is CCOCc1nnc(N2CC(C(=O)NCCc3cn[nH]n3)CC2=O)s1.O=CO. The molecule has 1 atom stereocenters. The molecule has 1 unspecified atom stereocenters. The lowest BCUT2D eigenvalue weighted by molar-refractivity contribution is -0.126. The van der Waals surface area contributed by atoms with Gasteiger partial charge in [0.25, 0.3) is 6.47 Å². The molecule has 0 radical (unpaired) electrons. The van der Waals surface area contributed by atoms with Gasteiger partial charge in [-0.2, -0.15) is 15.4 Å². The van der Waals surface area contributed by atoms with Crippen molar-refractivity contribution in [2.24, 2.45) is 5.92 Å². The van der Waals surface area contributed by atoms with E-state index in [0.29, 0.717) is 42.9 Å². The van der Waals surface area contributed by atoms with Gasteiger partial charge in [0, 0.05) is 32.5 Å². The van der Waals surface area contributed by atoms with Crippen LogP contribution in [0, 0.1) is 5.92 Å². The van der Waals surface area contributed by atoms with Crippen molar-refractivity contribution in [3.8, 4) is 0 Å². The van der Waals surface area contributed by atoms with Gasteiger partial charge < -0.3 is 15.2 Å². The number of carboxylic acid groups (broad SMARTS) is 1. The summed E-state index contributed by atoms with van der Waals surface area (Å²) in [4.78, 5) is 34.3. The maximum absolute atomic E-state index is 12.3. The number of hydrogen-bond acceptors (Lipinski definition) is 9. The lowest BCUT2D eigenvalue weighted by Crippen LogP contribution is -2.34. The molecule has 0 spiro atoms. The fraction of sp³-hybridized carbons (Fsp3) is 0.533. The number of aromatic nitrogens is 5. The normalized spacial score (nSPS) is 15.8. The molecule has 1 saturated heterocycles. The molecule has 3 heterocycles. The first-order valence-electron chi connectivity index (χ1n) is 8.49. The number of nitrogens with zero attached hydrogens (tertiary/aromatic N) is 5. The average molecular weight is 411 g/mol. The van der Waals surface area contributed by atoms with E-state index in [1.54, 1.807) is 6.20 Å². The van der Waals surface area contributed by atoms with Crippen molar-refractivity contribution in [1.29, 1.82) is 0 Å². The zero-order valence-corrected chi connectivity index (χ0v) is 16.0. The van der Waals surface area contributed by atoms with Crippen LogP contribution in [0.2, 0.25) is 0 Å². The molecule has 0 aliphatic carbocycles. The molecule has 0 saturated carbocycles. The fourth-order valence-corrected chi connectivity index (χ4v) is 3.28. The van der Waals surface area contributed by atoms with Crippen LogP contribution in [-0.4, -0.2) is 68.7 Å². The highest BCUT2D eigenvalue weighted by Gasteiger charge is 2.36. The Morgan fingerprint density at radius 2 is 2.32 bits per heavy atom. The topological polar surface area (TPSA) is 163 Å². The lowest BCUT2D eigenvalue weighted by atomic mass is 10.1. The van der Waals surface area contributed by atoms with E-state index in [9.17, 15) is 9.59 Å². The van der Waals surface area contributed by atoms with Crippen LogP contribution in [0.1, 0.15) is 24.0 Å². The number of aromatic amines is 1. The van der Waals surface area contributed by atoms with E-state index in [-0.39, 0.29) is 30.6 Å². The molecule has 0 aromatic carbocycles. The van der Waals surface area contributed by atoms with E-state index >= 15 is 0 Å². The second-order valence-corrected chi connectivity index (χ2v) is 6.67. The fourth-order valence-electron chi connectivity index (χ4n) is 2.47. The molecular weight excluding hydrogens is 390 g/mol. The summed E-state index contributed by atoms with van der Waals surface area (Å²) in [6, 6.07) is 0. The minimum absolute atomic E-state index is 0.115. The molecule has 12 nitrogen and oxygen atoms in total. The summed E-state index contributed by atoms with van der Waals surface area (Å²) in [5, 5.41) is 29.2. The number of ether oxygens (including phenoxy) is 1. The second kappa shape index (κ2) is 11.0. The molecule has 2 amide bonds. The van der Waals surface area contributed by atoms with Crippen LogP contribution in [0.5, 0.6) is 0 Å². The minimum atomic E-state index is -0.385. The molecule has 1 aliphatic heterocycles. The van der Waals surface area contributed by atoms with Crippen LogP contribution in [0.15, 0.2) is 6.20 Å². The smallest absolute Gasteiger partial charge is 0.290 e. The highest BCUT2D eigenvalue weighted by molar-refractivity contribution is 7.15. The second-order valence-electron chi connectivity index (χ2n) is 5.63. The highest BCUT2D eigenvalue weighted by Crippen LogP contribution is 2.28. The number of carbonyl (C=O) groups excluding carboxylic acids is 2. The van der Waals surface area contributed by atoms with Crippen LogP contribution in [-0.2, 0) is 32.1 Å². The maximum Gasteiger partial charge on any atom is 0.290 e. The summed E-state index contributed by atoms with van der Waals surface area (Å²) in [6.07, 6.45) is 2.38. The van der Waals surface area contributed by atoms with Gasteiger partial charge in [0.2, 0.25) is 16.9 Å². The highest BCUT2D eigenvalue weighted by atomic mass is 32.1. The molecule has 2 aromatic rings. The van der Waals surface area contributed by atoms with E-state index in [4.69, 9.17) is 14.6 Å². The van der Waals surface area contributed by atoms with Gasteiger partial charge in [-0.05, 0) is 6.92 Å². The molecule has 3 rings (SSSR count). The van der Waals surface area contributed by atoms with Gasteiger partial charge in [-0.1, -0.05) is 11.3 Å². The van der Waals surface area contributed by atoms with Crippen molar-refractivity contribution in [2.75, 3.05) is 24.6 Å². The van der Waals surface area contributed by atoms with Gasteiger partial charge in [-0.15, -0.1) is 10.2 Å². The Kier molecular flexibility index (Phi) is 8.42. The van der Waals surface area contributed by atoms with E-state index in [2.05, 4.69) is 30.9 Å². The Morgan fingerprint density at radius 3 is 3.00 bits per heavy atom. The Morgan fingerprint density at radius 1 is 1.54 bits per heavy atom. The monoisotopic (exact) mass is 411 g/mol. The van der Waals surface area contributed by atoms with Gasteiger partial charge in [0.15, 0.2) is 0 Å². The van der Waals surface area contributed by atoms with Crippen molar-refractivity contribution in [2.45, 2.75) is 26.4 Å². The van der Waals surface area contributed by atoms with Crippen LogP contribution in [0.4, 0.5) is 5.13 Å². The largest absolute Gasteiger partial charge is 0.483 e. The van der Waals surface area contributed by atoms with Crippen molar-refractivity contribution in [1.82, 2.24) is 30.9 Å². The van der Waals surface area contributed by atoms with Crippen molar-refractivity contribution in [3.63, 3.8) is 0 Å². The van der Waals surface area contributed by atoms with Gasteiger partial charge in [0.1, 0.15) is 11.6 Å². The Labute approximate surface area is 164 Å². The quantitative estimate of drug-likeness (QED) is 0.491. The maximum atomic E-state index is 12.3. The third-order valence-electron chi connectivity index (χ3n) is 3.76. The zero-order valence-electron chi connectivity index (χ0n) is 15.2. The van der Waals surface area contributed by atoms with Crippen molar-refractivity contribution < 1.29 is 24.2 Å². The van der Waals surface area contributed by atoms with Gasteiger partial charge in [-0.25, -0.2) is 0 Å². The average Bonchev–Trinajstić information content (AvgIpc) is 3.41. The van der Waals surface area contributed by atoms with Crippen molar-refractivity contribution >= 4 is 34.8 Å². The van der Waals surface area contributed by atoms with Gasteiger partial charge in [0.05, 0.1) is 17.8 Å². The lowest BCUT2D eigenvalue weighted by Gasteiger charge is -2.12. The first-order chi connectivity index (χ1) is 13.6. The molecule has 28 heavy (non-hydrogen) atoms. The van der Waals surface area contributed by atoms with Crippen LogP contribution < -0.4 is 10.2 Å². The summed E-state index contributed by atoms with van der Waals surface area (Å²) >= 11 is 1.31. The van der Waals surface area contributed by atoms with E-state index in [1.807, 2.05) is 6.92 Å². The summed E-state index contributed by atoms with van der Waals surface area (Å²) in [6.45, 7) is 3.39. The summed E-state index contributed by atoms with van der Waals surface area (Å²) in [5.41, 5.74) is 0.778. The molecular formula is C15H21N7O5S. The van der Waals surface area contributed by atoms with E-state index < -0.39 is 0 Å². The molecule has 1 aliphatic rings. The van der Waals surface area contributed by atoms with Gasteiger partial charge >= 0.3 is 0 Å². The molecule has 13 heteroatoms. The number of anilines is 1. The molecule has 1 fully saturated rings. The van der Waals surface area contributed by atoms with Crippen LogP contribution in [0.3, 0.4) is 0 Å². The van der Waals surface area contributed by atoms with E-state index in [0.717, 1.165) is 5.69 Å². The minimum Gasteiger partial charge on any atom is -0.483 e.